The van der Waals surface area contributed by atoms with Gasteiger partial charge < -0.3 is 4.74 Å². The number of nitrogens with zero attached hydrogens (tertiary/aromatic N) is 1. The van der Waals surface area contributed by atoms with Crippen LogP contribution in [0.5, 0.6) is 5.75 Å². The Balaban J connectivity index is 2.43. The first-order valence-corrected chi connectivity index (χ1v) is 6.91. The predicted molar refractivity (Wildman–Crippen MR) is 75.8 cm³/mol. The van der Waals surface area contributed by atoms with E-state index >= 15 is 0 Å². The minimum Gasteiger partial charge on any atom is -0.433 e. The summed E-state index contributed by atoms with van der Waals surface area (Å²) in [5.41, 5.74) is 0.646. The molecule has 0 fully saturated rings. The molecule has 0 saturated carbocycles. The number of aromatic nitrogens is 1. The molecule has 0 aliphatic heterocycles. The molecule has 0 unspecified atom stereocenters. The molecule has 0 amide bonds. The van der Waals surface area contributed by atoms with Crippen molar-refractivity contribution in [1.82, 2.24) is 4.98 Å². The fraction of sp³-hybridized carbons (Fsp3) is 0.214. The Labute approximate surface area is 133 Å². The highest BCUT2D eigenvalue weighted by Crippen LogP contribution is 2.33. The highest BCUT2D eigenvalue weighted by atomic mass is 35.5. The van der Waals surface area contributed by atoms with E-state index in [-0.39, 0.29) is 22.2 Å². The topological polar surface area (TPSA) is 22.1 Å². The standard InChI is InChI=1S/C14H9Cl2F4NO/c15-5-8-3-9(6-21-12(8)13(17)18)7-1-2-10(16)11(4-7)22-14(19)20/h1-4,6,13-14H,5H2. The Hall–Kier alpha value is -1.53. The minimum atomic E-state index is -3.02. The van der Waals surface area contributed by atoms with Crippen molar-refractivity contribution in [2.24, 2.45) is 0 Å². The third-order valence-electron chi connectivity index (χ3n) is 2.83. The summed E-state index contributed by atoms with van der Waals surface area (Å²) >= 11 is 11.4. The lowest BCUT2D eigenvalue weighted by Gasteiger charge is -2.11. The number of halogens is 6. The van der Waals surface area contributed by atoms with Gasteiger partial charge in [-0.2, -0.15) is 8.78 Å². The molecule has 0 radical (unpaired) electrons. The molecule has 1 heterocycles. The summed E-state index contributed by atoms with van der Waals surface area (Å²) in [5.74, 6) is -0.353. The van der Waals surface area contributed by atoms with Crippen molar-refractivity contribution < 1.29 is 22.3 Å². The number of benzene rings is 1. The highest BCUT2D eigenvalue weighted by molar-refractivity contribution is 6.32. The van der Waals surface area contributed by atoms with E-state index in [1.807, 2.05) is 0 Å². The second-order valence-corrected chi connectivity index (χ2v) is 4.90. The molecule has 8 heteroatoms. The summed E-state index contributed by atoms with van der Waals surface area (Å²) in [7, 11) is 0. The van der Waals surface area contributed by atoms with Crippen LogP contribution >= 0.6 is 23.2 Å². The maximum absolute atomic E-state index is 12.8. The van der Waals surface area contributed by atoms with Gasteiger partial charge in [-0.25, -0.2) is 8.78 Å². The number of hydrogen-bond acceptors (Lipinski definition) is 2. The predicted octanol–water partition coefficient (Wildman–Crippen LogP) is 5.68. The first-order chi connectivity index (χ1) is 10.4. The second-order valence-electron chi connectivity index (χ2n) is 4.23. The zero-order valence-electron chi connectivity index (χ0n) is 10.9. The molecule has 0 spiro atoms. The molecule has 0 N–H and O–H groups in total. The van der Waals surface area contributed by atoms with E-state index in [1.54, 1.807) is 0 Å². The number of alkyl halides is 5. The summed E-state index contributed by atoms with van der Waals surface area (Å²) in [6.45, 7) is -3.02. The lowest BCUT2D eigenvalue weighted by Crippen LogP contribution is -2.02. The van der Waals surface area contributed by atoms with Crippen LogP contribution in [0.1, 0.15) is 17.7 Å². The van der Waals surface area contributed by atoms with Crippen LogP contribution in [0.2, 0.25) is 5.02 Å². The molecule has 2 aromatic rings. The van der Waals surface area contributed by atoms with E-state index in [0.717, 1.165) is 0 Å². The molecule has 0 bridgehead atoms. The van der Waals surface area contributed by atoms with Crippen LogP contribution < -0.4 is 4.74 Å². The quantitative estimate of drug-likeness (QED) is 0.509. The van der Waals surface area contributed by atoms with Gasteiger partial charge in [0.1, 0.15) is 11.4 Å². The average Bonchev–Trinajstić information content (AvgIpc) is 2.48. The van der Waals surface area contributed by atoms with E-state index in [2.05, 4.69) is 9.72 Å². The summed E-state index contributed by atoms with van der Waals surface area (Å²) in [5, 5.41) is 0.0128. The van der Waals surface area contributed by atoms with Crippen molar-refractivity contribution >= 4 is 23.2 Å². The van der Waals surface area contributed by atoms with Gasteiger partial charge in [0.15, 0.2) is 0 Å². The molecule has 2 nitrogen and oxygen atoms in total. The van der Waals surface area contributed by atoms with Gasteiger partial charge in [0.05, 0.1) is 5.02 Å². The molecule has 0 atom stereocenters. The first-order valence-electron chi connectivity index (χ1n) is 6.00. The lowest BCUT2D eigenvalue weighted by atomic mass is 10.0. The van der Waals surface area contributed by atoms with Gasteiger partial charge >= 0.3 is 6.61 Å². The Bertz CT molecular complexity index is 667. The third-order valence-corrected chi connectivity index (χ3v) is 3.43. The monoisotopic (exact) mass is 353 g/mol. The van der Waals surface area contributed by atoms with Crippen molar-refractivity contribution in [2.45, 2.75) is 18.9 Å². The maximum Gasteiger partial charge on any atom is 0.387 e. The molecule has 118 valence electrons. The van der Waals surface area contributed by atoms with Crippen molar-refractivity contribution in [1.29, 1.82) is 0 Å². The Morgan fingerprint density at radius 2 is 1.82 bits per heavy atom. The summed E-state index contributed by atoms with van der Waals surface area (Å²) in [6.07, 6.45) is -1.53. The fourth-order valence-electron chi connectivity index (χ4n) is 1.85. The van der Waals surface area contributed by atoms with E-state index in [1.165, 1.54) is 30.5 Å². The van der Waals surface area contributed by atoms with Gasteiger partial charge in [-0.15, -0.1) is 11.6 Å². The number of hydrogen-bond donors (Lipinski definition) is 0. The number of rotatable bonds is 5. The summed E-state index contributed by atoms with van der Waals surface area (Å²) in [4.78, 5) is 3.68. The van der Waals surface area contributed by atoms with E-state index in [0.29, 0.717) is 11.1 Å². The molecule has 0 saturated heterocycles. The Morgan fingerprint density at radius 3 is 2.41 bits per heavy atom. The number of pyridine rings is 1. The van der Waals surface area contributed by atoms with E-state index in [9.17, 15) is 17.6 Å². The molecule has 1 aromatic carbocycles. The summed E-state index contributed by atoms with van der Waals surface area (Å²) in [6, 6.07) is 5.62. The van der Waals surface area contributed by atoms with Crippen molar-refractivity contribution in [3.8, 4) is 16.9 Å². The molecule has 0 aliphatic rings. The van der Waals surface area contributed by atoms with Crippen LogP contribution in [-0.2, 0) is 5.88 Å². The molecule has 2 rings (SSSR count). The van der Waals surface area contributed by atoms with Crippen LogP contribution in [0.4, 0.5) is 17.6 Å². The van der Waals surface area contributed by atoms with Crippen LogP contribution in [0.15, 0.2) is 30.5 Å². The molecular formula is C14H9Cl2F4NO. The van der Waals surface area contributed by atoms with Gasteiger partial charge in [-0.1, -0.05) is 17.7 Å². The zero-order chi connectivity index (χ0) is 16.3. The van der Waals surface area contributed by atoms with Crippen LogP contribution in [-0.4, -0.2) is 11.6 Å². The zero-order valence-corrected chi connectivity index (χ0v) is 12.4. The first kappa shape index (κ1) is 16.8. The Kier molecular flexibility index (Phi) is 5.47. The molecular weight excluding hydrogens is 345 g/mol. The van der Waals surface area contributed by atoms with E-state index < -0.39 is 18.7 Å². The fourth-order valence-corrected chi connectivity index (χ4v) is 2.23. The minimum absolute atomic E-state index is 0.0128. The smallest absolute Gasteiger partial charge is 0.387 e. The average molecular weight is 354 g/mol. The van der Waals surface area contributed by atoms with Crippen molar-refractivity contribution in [2.75, 3.05) is 0 Å². The van der Waals surface area contributed by atoms with Crippen molar-refractivity contribution in [3.63, 3.8) is 0 Å². The molecule has 1 aromatic heterocycles. The van der Waals surface area contributed by atoms with Gasteiger partial charge in [0.25, 0.3) is 6.43 Å². The molecule has 0 aliphatic carbocycles. The van der Waals surface area contributed by atoms with Crippen LogP contribution in [0.3, 0.4) is 0 Å². The normalized spacial score (nSPS) is 11.3. The van der Waals surface area contributed by atoms with Gasteiger partial charge in [-0.05, 0) is 29.3 Å². The van der Waals surface area contributed by atoms with Gasteiger partial charge in [0, 0.05) is 17.6 Å². The summed E-state index contributed by atoms with van der Waals surface area (Å²) < 4.78 is 54.4. The second kappa shape index (κ2) is 7.15. The highest BCUT2D eigenvalue weighted by Gasteiger charge is 2.16. The largest absolute Gasteiger partial charge is 0.433 e. The SMILES string of the molecule is FC(F)Oc1cc(-c2cnc(C(F)F)c(CCl)c2)ccc1Cl. The van der Waals surface area contributed by atoms with Crippen LogP contribution in [0.25, 0.3) is 11.1 Å². The van der Waals surface area contributed by atoms with Crippen LogP contribution in [0, 0.1) is 0 Å². The lowest BCUT2D eigenvalue weighted by molar-refractivity contribution is -0.0497. The Morgan fingerprint density at radius 1 is 1.09 bits per heavy atom. The maximum atomic E-state index is 12.8. The molecule has 22 heavy (non-hydrogen) atoms. The third kappa shape index (κ3) is 3.81. The van der Waals surface area contributed by atoms with E-state index in [4.69, 9.17) is 23.2 Å². The number of ether oxygens (including phenoxy) is 1. The van der Waals surface area contributed by atoms with Crippen molar-refractivity contribution in [3.05, 3.63) is 46.7 Å². The van der Waals surface area contributed by atoms with Gasteiger partial charge in [-0.3, -0.25) is 4.98 Å². The van der Waals surface area contributed by atoms with Gasteiger partial charge in [0.2, 0.25) is 0 Å².